The van der Waals surface area contributed by atoms with Gasteiger partial charge in [0.1, 0.15) is 4.88 Å². The summed E-state index contributed by atoms with van der Waals surface area (Å²) in [7, 11) is 0. The van der Waals surface area contributed by atoms with Crippen molar-refractivity contribution in [2.75, 3.05) is 13.1 Å². The van der Waals surface area contributed by atoms with Crippen LogP contribution in [0.1, 0.15) is 57.8 Å². The maximum Gasteiger partial charge on any atom is 0.265 e. The van der Waals surface area contributed by atoms with Gasteiger partial charge in [-0.05, 0) is 44.6 Å². The summed E-state index contributed by atoms with van der Waals surface area (Å²) in [6, 6.07) is 10.2. The summed E-state index contributed by atoms with van der Waals surface area (Å²) in [5.41, 5.74) is 4.25. The van der Waals surface area contributed by atoms with E-state index < -0.39 is 0 Å². The third-order valence-corrected chi connectivity index (χ3v) is 7.76. The second kappa shape index (κ2) is 7.58. The number of carbonyl (C=O) groups excluding carboxylic acids is 1. The van der Waals surface area contributed by atoms with Crippen molar-refractivity contribution in [3.05, 3.63) is 63.4 Å². The van der Waals surface area contributed by atoms with Crippen molar-refractivity contribution in [3.63, 3.8) is 0 Å². The zero-order valence-electron chi connectivity index (χ0n) is 17.5. The van der Waals surface area contributed by atoms with Gasteiger partial charge in [0, 0.05) is 30.3 Å². The van der Waals surface area contributed by atoms with Crippen molar-refractivity contribution in [3.8, 4) is 11.4 Å². The highest BCUT2D eigenvalue weighted by atomic mass is 32.1. The van der Waals surface area contributed by atoms with Crippen LogP contribution in [0.15, 0.2) is 36.5 Å². The second-order valence-electron chi connectivity index (χ2n) is 8.42. The summed E-state index contributed by atoms with van der Waals surface area (Å²) >= 11 is 1.55. The van der Waals surface area contributed by atoms with Crippen LogP contribution in [0.2, 0.25) is 0 Å². The van der Waals surface area contributed by atoms with Gasteiger partial charge in [-0.15, -0.1) is 11.3 Å². The zero-order valence-corrected chi connectivity index (χ0v) is 18.3. The Hall–Kier alpha value is -2.60. The highest BCUT2D eigenvalue weighted by Crippen LogP contribution is 2.44. The highest BCUT2D eigenvalue weighted by Gasteiger charge is 2.45. The Bertz CT molecular complexity index is 1090. The number of aryl methyl sites for hydroxylation is 3. The fraction of sp³-hybridized carbons (Fsp3) is 0.417. The third kappa shape index (κ3) is 3.23. The molecule has 1 unspecified atom stereocenters. The van der Waals surface area contributed by atoms with Gasteiger partial charge in [0.2, 0.25) is 0 Å². The average molecular weight is 419 g/mol. The molecule has 1 saturated heterocycles. The predicted octanol–water partition coefficient (Wildman–Crippen LogP) is 4.59. The van der Waals surface area contributed by atoms with E-state index in [1.807, 2.05) is 36.2 Å². The topological polar surface area (TPSA) is 59.0 Å². The predicted molar refractivity (Wildman–Crippen MR) is 119 cm³/mol. The monoisotopic (exact) mass is 418 g/mol. The van der Waals surface area contributed by atoms with Gasteiger partial charge in [-0.3, -0.25) is 4.79 Å². The Morgan fingerprint density at radius 2 is 2.03 bits per heavy atom. The minimum atomic E-state index is -0.0537. The van der Waals surface area contributed by atoms with Gasteiger partial charge < -0.3 is 4.90 Å². The quantitative estimate of drug-likeness (QED) is 0.624. The average Bonchev–Trinajstić information content (AvgIpc) is 3.34. The van der Waals surface area contributed by atoms with E-state index in [2.05, 4.69) is 29.0 Å². The normalized spacial score (nSPS) is 20.5. The number of benzene rings is 1. The molecule has 1 aromatic carbocycles. The molecule has 30 heavy (non-hydrogen) atoms. The van der Waals surface area contributed by atoms with Gasteiger partial charge in [-0.1, -0.05) is 37.3 Å². The molecule has 3 heterocycles. The zero-order chi connectivity index (χ0) is 20.7. The van der Waals surface area contributed by atoms with E-state index in [1.54, 1.807) is 11.3 Å². The number of hydrogen-bond donors (Lipinski definition) is 0. The van der Waals surface area contributed by atoms with Crippen molar-refractivity contribution in [2.24, 2.45) is 0 Å². The Morgan fingerprint density at radius 1 is 1.20 bits per heavy atom. The molecule has 154 valence electrons. The fourth-order valence-corrected chi connectivity index (χ4v) is 5.89. The van der Waals surface area contributed by atoms with E-state index in [9.17, 15) is 4.79 Å². The summed E-state index contributed by atoms with van der Waals surface area (Å²) in [6.07, 6.45) is 6.99. The highest BCUT2D eigenvalue weighted by molar-refractivity contribution is 7.13. The molecule has 1 atom stereocenters. The molecule has 1 fully saturated rings. The van der Waals surface area contributed by atoms with Crippen LogP contribution >= 0.6 is 11.3 Å². The molecule has 2 aromatic heterocycles. The van der Waals surface area contributed by atoms with Crippen LogP contribution in [0.4, 0.5) is 0 Å². The number of thiazole rings is 1. The van der Waals surface area contributed by atoms with Crippen molar-refractivity contribution >= 4 is 17.2 Å². The van der Waals surface area contributed by atoms with Gasteiger partial charge in [0.25, 0.3) is 5.91 Å². The molecule has 0 saturated carbocycles. The van der Waals surface area contributed by atoms with Crippen LogP contribution in [0.5, 0.6) is 0 Å². The number of aromatic nitrogens is 3. The number of amides is 1. The number of fused-ring (bicyclic) bond motifs is 2. The van der Waals surface area contributed by atoms with Gasteiger partial charge in [0.15, 0.2) is 5.82 Å². The van der Waals surface area contributed by atoms with Crippen LogP contribution in [-0.4, -0.2) is 38.8 Å². The molecule has 1 amide bonds. The summed E-state index contributed by atoms with van der Waals surface area (Å²) in [6.45, 7) is 5.59. The summed E-state index contributed by atoms with van der Waals surface area (Å²) < 4.78 is 0. The molecule has 0 radical (unpaired) electrons. The van der Waals surface area contributed by atoms with Gasteiger partial charge in [0.05, 0.1) is 16.4 Å². The molecule has 5 rings (SSSR count). The van der Waals surface area contributed by atoms with Crippen LogP contribution in [-0.2, 0) is 18.3 Å². The fourth-order valence-electron chi connectivity index (χ4n) is 4.92. The number of carbonyl (C=O) groups is 1. The van der Waals surface area contributed by atoms with E-state index in [0.29, 0.717) is 0 Å². The van der Waals surface area contributed by atoms with Gasteiger partial charge in [-0.25, -0.2) is 15.0 Å². The minimum Gasteiger partial charge on any atom is -0.337 e. The van der Waals surface area contributed by atoms with Gasteiger partial charge in [-0.2, -0.15) is 0 Å². The number of rotatable bonds is 3. The number of hydrogen-bond acceptors (Lipinski definition) is 5. The molecule has 0 N–H and O–H groups in total. The van der Waals surface area contributed by atoms with E-state index in [4.69, 9.17) is 4.98 Å². The molecule has 0 bridgehead atoms. The SMILES string of the molecule is CCc1nc(C)c(C(=O)N2CCCC3(CCc4cnc(-c5ccccc5)nc43)C2)s1. The molecular weight excluding hydrogens is 392 g/mol. The standard InChI is InChI=1S/C24H26N4OS/c1-3-19-26-16(2)20(30-19)23(29)28-13-7-11-24(15-28)12-10-18-14-25-22(27-21(18)24)17-8-5-4-6-9-17/h4-6,8-9,14H,3,7,10-13,15H2,1-2H3. The lowest BCUT2D eigenvalue weighted by Gasteiger charge is -2.40. The van der Waals surface area contributed by atoms with Crippen molar-refractivity contribution in [1.29, 1.82) is 0 Å². The maximum atomic E-state index is 13.4. The third-order valence-electron chi connectivity index (χ3n) is 6.47. The van der Waals surface area contributed by atoms with Crippen molar-refractivity contribution < 1.29 is 4.79 Å². The Labute approximate surface area is 181 Å². The summed E-state index contributed by atoms with van der Waals surface area (Å²) in [5.74, 6) is 0.916. The molecule has 1 aliphatic heterocycles. The molecule has 2 aliphatic rings. The molecule has 1 aliphatic carbocycles. The molecular formula is C24H26N4OS. The molecule has 1 spiro atoms. The van der Waals surface area contributed by atoms with E-state index in [1.165, 1.54) is 5.56 Å². The number of likely N-dealkylation sites (tertiary alicyclic amines) is 1. The first kappa shape index (κ1) is 19.4. The Kier molecular flexibility index (Phi) is 4.89. The van der Waals surface area contributed by atoms with Crippen LogP contribution in [0.25, 0.3) is 11.4 Å². The number of piperidine rings is 1. The van der Waals surface area contributed by atoms with Crippen LogP contribution in [0.3, 0.4) is 0 Å². The second-order valence-corrected chi connectivity index (χ2v) is 9.50. The summed E-state index contributed by atoms with van der Waals surface area (Å²) in [5, 5.41) is 1.04. The Morgan fingerprint density at radius 3 is 2.80 bits per heavy atom. The first-order valence-electron chi connectivity index (χ1n) is 10.8. The van der Waals surface area contributed by atoms with Crippen molar-refractivity contribution in [1.82, 2.24) is 19.9 Å². The molecule has 3 aromatic rings. The maximum absolute atomic E-state index is 13.4. The first-order chi connectivity index (χ1) is 14.6. The van der Waals surface area contributed by atoms with Crippen LogP contribution in [0, 0.1) is 6.92 Å². The van der Waals surface area contributed by atoms with E-state index in [-0.39, 0.29) is 11.3 Å². The van der Waals surface area contributed by atoms with E-state index >= 15 is 0 Å². The first-order valence-corrected chi connectivity index (χ1v) is 11.6. The molecule has 5 nitrogen and oxygen atoms in total. The lowest BCUT2D eigenvalue weighted by molar-refractivity contribution is 0.0637. The minimum absolute atomic E-state index is 0.0537. The molecule has 6 heteroatoms. The Balaban J connectivity index is 1.46. The van der Waals surface area contributed by atoms with Gasteiger partial charge >= 0.3 is 0 Å². The van der Waals surface area contributed by atoms with E-state index in [0.717, 1.165) is 77.9 Å². The lowest BCUT2D eigenvalue weighted by Crippen LogP contribution is -2.48. The van der Waals surface area contributed by atoms with Crippen molar-refractivity contribution in [2.45, 2.75) is 51.4 Å². The lowest BCUT2D eigenvalue weighted by atomic mass is 9.77. The largest absolute Gasteiger partial charge is 0.337 e. The smallest absolute Gasteiger partial charge is 0.265 e. The summed E-state index contributed by atoms with van der Waals surface area (Å²) in [4.78, 5) is 30.4. The van der Waals surface area contributed by atoms with Crippen LogP contribution < -0.4 is 0 Å². The number of nitrogens with zero attached hydrogens (tertiary/aromatic N) is 4.